The summed E-state index contributed by atoms with van der Waals surface area (Å²) in [6, 6.07) is 3.79. The van der Waals surface area contributed by atoms with Crippen molar-refractivity contribution in [1.82, 2.24) is 24.5 Å². The maximum absolute atomic E-state index is 11.9. The summed E-state index contributed by atoms with van der Waals surface area (Å²) in [4.78, 5) is 11.9. The summed E-state index contributed by atoms with van der Waals surface area (Å²) >= 11 is 1.39. The molecule has 23 heavy (non-hydrogen) atoms. The lowest BCUT2D eigenvalue weighted by Crippen LogP contribution is -2.22. The lowest BCUT2D eigenvalue weighted by atomic mass is 9.92. The van der Waals surface area contributed by atoms with Gasteiger partial charge in [-0.2, -0.15) is 5.10 Å². The Morgan fingerprint density at radius 3 is 3.04 bits per heavy atom. The number of aryl methyl sites for hydroxylation is 2. The van der Waals surface area contributed by atoms with E-state index in [0.29, 0.717) is 17.3 Å². The van der Waals surface area contributed by atoms with Crippen molar-refractivity contribution < 1.29 is 9.21 Å². The molecule has 4 rings (SSSR count). The Bertz CT molecular complexity index is 880. The fourth-order valence-electron chi connectivity index (χ4n) is 2.62. The van der Waals surface area contributed by atoms with Gasteiger partial charge in [-0.15, -0.1) is 10.2 Å². The first-order valence-electron chi connectivity index (χ1n) is 7.05. The zero-order valence-electron chi connectivity index (χ0n) is 12.6. The normalized spacial score (nSPS) is 17.1. The second-order valence-electron chi connectivity index (χ2n) is 5.39. The minimum absolute atomic E-state index is 0.0555. The van der Waals surface area contributed by atoms with Crippen LogP contribution in [0.5, 0.6) is 0 Å². The summed E-state index contributed by atoms with van der Waals surface area (Å²) in [6.07, 6.45) is 3.90. The minimum atomic E-state index is -0.124. The molecule has 8 nitrogen and oxygen atoms in total. The van der Waals surface area contributed by atoms with Crippen molar-refractivity contribution in [3.63, 3.8) is 0 Å². The first-order chi connectivity index (χ1) is 11.1. The number of nitrogens with zero attached hydrogens (tertiary/aromatic N) is 5. The van der Waals surface area contributed by atoms with E-state index in [4.69, 9.17) is 4.42 Å². The monoisotopic (exact) mass is 330 g/mol. The van der Waals surface area contributed by atoms with Gasteiger partial charge in [-0.3, -0.25) is 9.48 Å². The van der Waals surface area contributed by atoms with E-state index in [-0.39, 0.29) is 11.8 Å². The molecule has 1 amide bonds. The number of aromatic nitrogens is 5. The first-order valence-corrected chi connectivity index (χ1v) is 7.87. The van der Waals surface area contributed by atoms with Crippen molar-refractivity contribution in [1.29, 1.82) is 0 Å². The van der Waals surface area contributed by atoms with Crippen LogP contribution in [0.3, 0.4) is 0 Å². The molecule has 0 aromatic carbocycles. The molecule has 0 saturated carbocycles. The molecule has 1 unspecified atom stereocenters. The molecule has 9 heteroatoms. The number of amides is 1. The molecule has 0 saturated heterocycles. The van der Waals surface area contributed by atoms with E-state index in [9.17, 15) is 4.79 Å². The molecule has 4 heterocycles. The quantitative estimate of drug-likeness (QED) is 0.787. The Morgan fingerprint density at radius 1 is 1.39 bits per heavy atom. The molecule has 0 bridgehead atoms. The molecule has 0 spiro atoms. The van der Waals surface area contributed by atoms with E-state index >= 15 is 0 Å². The van der Waals surface area contributed by atoms with Crippen LogP contribution in [-0.2, 0) is 18.9 Å². The zero-order valence-corrected chi connectivity index (χ0v) is 13.4. The minimum Gasteiger partial charge on any atom is -0.454 e. The van der Waals surface area contributed by atoms with Gasteiger partial charge in [0.2, 0.25) is 5.91 Å². The van der Waals surface area contributed by atoms with Gasteiger partial charge in [0.05, 0.1) is 5.92 Å². The Hall–Kier alpha value is -2.55. The third-order valence-corrected chi connectivity index (χ3v) is 4.66. The predicted octanol–water partition coefficient (Wildman–Crippen LogP) is 1.77. The number of carbonyl (C=O) groups excluding carboxylic acids is 1. The summed E-state index contributed by atoms with van der Waals surface area (Å²) in [5.41, 5.74) is 0.969. The Morgan fingerprint density at radius 2 is 2.26 bits per heavy atom. The summed E-state index contributed by atoms with van der Waals surface area (Å²) < 4.78 is 9.45. The summed E-state index contributed by atoms with van der Waals surface area (Å²) in [5, 5.41) is 16.4. The van der Waals surface area contributed by atoms with Gasteiger partial charge in [0, 0.05) is 32.3 Å². The van der Waals surface area contributed by atoms with Crippen LogP contribution in [0.1, 0.15) is 23.7 Å². The highest BCUT2D eigenvalue weighted by molar-refractivity contribution is 7.99. The molecule has 1 atom stereocenters. The van der Waals surface area contributed by atoms with Crippen molar-refractivity contribution in [2.75, 3.05) is 5.32 Å². The Labute approximate surface area is 135 Å². The first kappa shape index (κ1) is 14.1. The zero-order chi connectivity index (χ0) is 16.0. The Balaban J connectivity index is 1.64. The van der Waals surface area contributed by atoms with Crippen molar-refractivity contribution in [3.05, 3.63) is 36.0 Å². The van der Waals surface area contributed by atoms with Crippen molar-refractivity contribution >= 4 is 23.5 Å². The van der Waals surface area contributed by atoms with Gasteiger partial charge in [0.25, 0.3) is 0 Å². The molecule has 3 aromatic heterocycles. The van der Waals surface area contributed by atoms with E-state index in [2.05, 4.69) is 20.6 Å². The van der Waals surface area contributed by atoms with Gasteiger partial charge in [0.1, 0.15) is 12.1 Å². The van der Waals surface area contributed by atoms with Crippen LogP contribution in [0.25, 0.3) is 0 Å². The number of furan rings is 1. The number of carbonyl (C=O) groups is 1. The highest BCUT2D eigenvalue weighted by Crippen LogP contribution is 2.38. The summed E-state index contributed by atoms with van der Waals surface area (Å²) in [5.74, 6) is 1.17. The van der Waals surface area contributed by atoms with Gasteiger partial charge in [-0.25, -0.2) is 0 Å². The molecular formula is C14H14N6O2S. The number of nitrogens with one attached hydrogen (secondary N) is 1. The second kappa shape index (κ2) is 5.27. The van der Waals surface area contributed by atoms with Gasteiger partial charge in [-0.1, -0.05) is 0 Å². The molecule has 3 aromatic rings. The van der Waals surface area contributed by atoms with Crippen LogP contribution < -0.4 is 5.32 Å². The number of anilines is 1. The second-order valence-corrected chi connectivity index (χ2v) is 6.37. The fraction of sp³-hybridized carbons (Fsp3) is 0.286. The lowest BCUT2D eigenvalue weighted by molar-refractivity contribution is -0.116. The van der Waals surface area contributed by atoms with Crippen LogP contribution in [0.15, 0.2) is 39.3 Å². The standard InChI is InChI=1S/C14H14N6O2S/c1-19-7-15-17-14(19)23-12-4-3-10(22-12)8-5-11(21)16-13-9(8)6-20(2)18-13/h3-4,6-8H,5H2,1-2H3,(H,16,18,21). The van der Waals surface area contributed by atoms with Gasteiger partial charge in [-0.05, 0) is 23.9 Å². The molecular weight excluding hydrogens is 316 g/mol. The predicted molar refractivity (Wildman–Crippen MR) is 82.1 cm³/mol. The number of hydrogen-bond acceptors (Lipinski definition) is 6. The fourth-order valence-corrected chi connectivity index (χ4v) is 3.36. The van der Waals surface area contributed by atoms with Crippen LogP contribution in [0, 0.1) is 0 Å². The largest absolute Gasteiger partial charge is 0.454 e. The maximum atomic E-state index is 11.9. The average molecular weight is 330 g/mol. The smallest absolute Gasteiger partial charge is 0.226 e. The summed E-state index contributed by atoms with van der Waals surface area (Å²) in [7, 11) is 3.71. The van der Waals surface area contributed by atoms with Gasteiger partial charge < -0.3 is 14.3 Å². The molecule has 118 valence electrons. The molecule has 1 N–H and O–H groups in total. The third kappa shape index (κ3) is 2.52. The van der Waals surface area contributed by atoms with Crippen molar-refractivity contribution in [2.45, 2.75) is 22.6 Å². The van der Waals surface area contributed by atoms with E-state index in [1.807, 2.05) is 37.0 Å². The van der Waals surface area contributed by atoms with E-state index in [1.54, 1.807) is 11.0 Å². The van der Waals surface area contributed by atoms with Gasteiger partial charge in [0.15, 0.2) is 16.1 Å². The molecule has 1 aliphatic heterocycles. The van der Waals surface area contributed by atoms with Gasteiger partial charge >= 0.3 is 0 Å². The Kier molecular flexibility index (Phi) is 3.22. The number of hydrogen-bond donors (Lipinski definition) is 1. The summed E-state index contributed by atoms with van der Waals surface area (Å²) in [6.45, 7) is 0. The van der Waals surface area contributed by atoms with Crippen LogP contribution in [0.2, 0.25) is 0 Å². The number of fused-ring (bicyclic) bond motifs is 1. The van der Waals surface area contributed by atoms with Crippen LogP contribution in [0.4, 0.5) is 5.82 Å². The molecule has 0 aliphatic carbocycles. The van der Waals surface area contributed by atoms with Crippen LogP contribution in [-0.4, -0.2) is 30.5 Å². The number of rotatable bonds is 3. The van der Waals surface area contributed by atoms with E-state index < -0.39 is 0 Å². The lowest BCUT2D eigenvalue weighted by Gasteiger charge is -2.19. The molecule has 0 radical (unpaired) electrons. The maximum Gasteiger partial charge on any atom is 0.226 e. The molecule has 1 aliphatic rings. The van der Waals surface area contributed by atoms with E-state index in [1.165, 1.54) is 11.8 Å². The average Bonchev–Trinajstić information content (AvgIpc) is 3.19. The van der Waals surface area contributed by atoms with Crippen molar-refractivity contribution in [3.8, 4) is 0 Å². The van der Waals surface area contributed by atoms with E-state index in [0.717, 1.165) is 16.5 Å². The topological polar surface area (TPSA) is 90.8 Å². The highest BCUT2D eigenvalue weighted by Gasteiger charge is 2.31. The third-order valence-electron chi connectivity index (χ3n) is 3.69. The SMILES string of the molecule is Cn1cc2c(n1)NC(=O)CC2c1ccc(Sc2nncn2C)o1. The van der Waals surface area contributed by atoms with Crippen molar-refractivity contribution in [2.24, 2.45) is 14.1 Å². The van der Waals surface area contributed by atoms with Crippen LogP contribution >= 0.6 is 11.8 Å². The highest BCUT2D eigenvalue weighted by atomic mass is 32.2. The molecule has 0 fully saturated rings.